The lowest BCUT2D eigenvalue weighted by molar-refractivity contribution is 0.00957. The van der Waals surface area contributed by atoms with Gasteiger partial charge in [0, 0.05) is 14.2 Å². The Morgan fingerprint density at radius 1 is 1.56 bits per heavy atom. The second kappa shape index (κ2) is 4.65. The Morgan fingerprint density at radius 3 is 2.62 bits per heavy atom. The number of ketones is 1. The van der Waals surface area contributed by atoms with Crippen molar-refractivity contribution in [3.8, 4) is 5.75 Å². The fourth-order valence-electron chi connectivity index (χ4n) is 1.47. The zero-order valence-electron chi connectivity index (χ0n) is 10.4. The minimum atomic E-state index is -0.832. The van der Waals surface area contributed by atoms with Crippen molar-refractivity contribution in [2.75, 3.05) is 14.2 Å². The Balaban J connectivity index is 3.18. The topological polar surface area (TPSA) is 53.4 Å². The first-order valence-corrected chi connectivity index (χ1v) is 5.16. The van der Waals surface area contributed by atoms with Gasteiger partial charge in [-0.25, -0.2) is 0 Å². The molecule has 0 fully saturated rings. The number of aromatic nitrogens is 2. The number of aryl methyl sites for hydroxylation is 1. The van der Waals surface area contributed by atoms with Gasteiger partial charge in [-0.1, -0.05) is 6.92 Å². The maximum Gasteiger partial charge on any atom is 0.216 e. The van der Waals surface area contributed by atoms with E-state index in [4.69, 9.17) is 9.47 Å². The van der Waals surface area contributed by atoms with Crippen LogP contribution in [0.25, 0.3) is 0 Å². The lowest BCUT2D eigenvalue weighted by Crippen LogP contribution is -2.38. The van der Waals surface area contributed by atoms with Crippen molar-refractivity contribution in [3.63, 3.8) is 0 Å². The number of carbonyl (C=O) groups excluding carboxylic acids is 1. The minimum absolute atomic E-state index is 0.116. The molecule has 16 heavy (non-hydrogen) atoms. The predicted octanol–water partition coefficient (Wildman–Crippen LogP) is 1.43. The van der Waals surface area contributed by atoms with Crippen molar-refractivity contribution < 1.29 is 14.3 Å². The van der Waals surface area contributed by atoms with Crippen molar-refractivity contribution in [2.45, 2.75) is 25.9 Å². The van der Waals surface area contributed by atoms with Crippen molar-refractivity contribution in [2.24, 2.45) is 7.05 Å². The van der Waals surface area contributed by atoms with Gasteiger partial charge in [0.25, 0.3) is 0 Å². The molecule has 0 radical (unpaired) electrons. The number of ether oxygens (including phenoxy) is 2. The first-order chi connectivity index (χ1) is 7.50. The van der Waals surface area contributed by atoms with E-state index in [0.717, 1.165) is 0 Å². The van der Waals surface area contributed by atoms with Crippen molar-refractivity contribution in [1.29, 1.82) is 0 Å². The van der Waals surface area contributed by atoms with E-state index in [0.29, 0.717) is 17.9 Å². The predicted molar refractivity (Wildman–Crippen MR) is 59.8 cm³/mol. The molecule has 0 saturated heterocycles. The second-order valence-corrected chi connectivity index (χ2v) is 3.80. The van der Waals surface area contributed by atoms with Gasteiger partial charge >= 0.3 is 0 Å². The highest BCUT2D eigenvalue weighted by Crippen LogP contribution is 2.26. The van der Waals surface area contributed by atoms with Gasteiger partial charge in [-0.05, 0) is 13.3 Å². The largest absolute Gasteiger partial charge is 0.493 e. The van der Waals surface area contributed by atoms with Gasteiger partial charge in [-0.15, -0.1) is 0 Å². The van der Waals surface area contributed by atoms with Gasteiger partial charge in [0.15, 0.2) is 5.75 Å². The third kappa shape index (κ3) is 1.95. The molecule has 0 bridgehead atoms. The fourth-order valence-corrected chi connectivity index (χ4v) is 1.47. The molecule has 0 aliphatic carbocycles. The van der Waals surface area contributed by atoms with Crippen LogP contribution in [0.3, 0.4) is 0 Å². The van der Waals surface area contributed by atoms with Crippen molar-refractivity contribution in [1.82, 2.24) is 9.78 Å². The summed E-state index contributed by atoms with van der Waals surface area (Å²) in [6.07, 6.45) is 2.12. The van der Waals surface area contributed by atoms with Crippen LogP contribution >= 0.6 is 0 Å². The molecule has 0 aliphatic rings. The molecule has 1 aromatic heterocycles. The molecule has 1 atom stereocenters. The standard InChI is InChI=1S/C11H18N2O3/c1-6-11(2,16-5)10(14)9-8(15-4)7-12-13(9)3/h7H,6H2,1-5H3. The zero-order valence-corrected chi connectivity index (χ0v) is 10.4. The molecule has 90 valence electrons. The molecule has 1 aromatic rings. The van der Waals surface area contributed by atoms with E-state index in [2.05, 4.69) is 5.10 Å². The number of Topliss-reactive ketones (excluding diaryl/α,β-unsaturated/α-hetero) is 1. The van der Waals surface area contributed by atoms with Gasteiger partial charge in [0.05, 0.1) is 13.3 Å². The summed E-state index contributed by atoms with van der Waals surface area (Å²) in [4.78, 5) is 12.3. The first kappa shape index (κ1) is 12.7. The zero-order chi connectivity index (χ0) is 12.3. The van der Waals surface area contributed by atoms with Crippen LogP contribution in [0.2, 0.25) is 0 Å². The van der Waals surface area contributed by atoms with Crippen molar-refractivity contribution in [3.05, 3.63) is 11.9 Å². The summed E-state index contributed by atoms with van der Waals surface area (Å²) in [7, 11) is 4.76. The van der Waals surface area contributed by atoms with E-state index in [9.17, 15) is 4.79 Å². The quantitative estimate of drug-likeness (QED) is 0.713. The van der Waals surface area contributed by atoms with Crippen LogP contribution in [0.5, 0.6) is 5.75 Å². The summed E-state index contributed by atoms with van der Waals surface area (Å²) in [5, 5.41) is 4.01. The molecule has 5 nitrogen and oxygen atoms in total. The summed E-state index contributed by atoms with van der Waals surface area (Å²) in [6.45, 7) is 3.67. The lowest BCUT2D eigenvalue weighted by Gasteiger charge is -2.25. The van der Waals surface area contributed by atoms with Gasteiger partial charge in [0.1, 0.15) is 11.3 Å². The summed E-state index contributed by atoms with van der Waals surface area (Å²) in [5.41, 5.74) is -0.394. The highest BCUT2D eigenvalue weighted by atomic mass is 16.5. The third-order valence-electron chi connectivity index (χ3n) is 2.95. The number of rotatable bonds is 5. The molecule has 5 heteroatoms. The number of methoxy groups -OCH3 is 2. The van der Waals surface area contributed by atoms with E-state index < -0.39 is 5.60 Å². The summed E-state index contributed by atoms with van der Waals surface area (Å²) in [6, 6.07) is 0. The molecule has 0 aromatic carbocycles. The maximum atomic E-state index is 12.3. The number of carbonyl (C=O) groups is 1. The minimum Gasteiger partial charge on any atom is -0.493 e. The highest BCUT2D eigenvalue weighted by Gasteiger charge is 2.35. The molecule has 0 N–H and O–H groups in total. The third-order valence-corrected chi connectivity index (χ3v) is 2.95. The van der Waals surface area contributed by atoms with Gasteiger partial charge in [-0.3, -0.25) is 9.48 Å². The van der Waals surface area contributed by atoms with Crippen LogP contribution < -0.4 is 4.74 Å². The van der Waals surface area contributed by atoms with E-state index in [1.54, 1.807) is 14.0 Å². The molecule has 0 spiro atoms. The smallest absolute Gasteiger partial charge is 0.216 e. The molecule has 0 amide bonds. The maximum absolute atomic E-state index is 12.3. The average molecular weight is 226 g/mol. The van der Waals surface area contributed by atoms with E-state index in [1.165, 1.54) is 25.1 Å². The molecular weight excluding hydrogens is 208 g/mol. The SMILES string of the molecule is CCC(C)(OC)C(=O)c1c(OC)cnn1C. The van der Waals surface area contributed by atoms with Gasteiger partial charge in [0.2, 0.25) is 5.78 Å². The van der Waals surface area contributed by atoms with Crippen LogP contribution in [0.15, 0.2) is 6.20 Å². The van der Waals surface area contributed by atoms with Crippen LogP contribution in [-0.4, -0.2) is 35.4 Å². The van der Waals surface area contributed by atoms with E-state index in [-0.39, 0.29) is 5.78 Å². The molecule has 0 saturated carbocycles. The Kier molecular flexibility index (Phi) is 3.70. The van der Waals surface area contributed by atoms with Gasteiger partial charge < -0.3 is 9.47 Å². The van der Waals surface area contributed by atoms with Crippen LogP contribution in [0, 0.1) is 0 Å². The van der Waals surface area contributed by atoms with Gasteiger partial charge in [-0.2, -0.15) is 5.10 Å². The fraction of sp³-hybridized carbons (Fsp3) is 0.636. The summed E-state index contributed by atoms with van der Waals surface area (Å²) in [5.74, 6) is 0.360. The average Bonchev–Trinajstić information content (AvgIpc) is 2.68. The van der Waals surface area contributed by atoms with E-state index >= 15 is 0 Å². The monoisotopic (exact) mass is 226 g/mol. The Bertz CT molecular complexity index is 381. The second-order valence-electron chi connectivity index (χ2n) is 3.80. The molecule has 1 heterocycles. The summed E-state index contributed by atoms with van der Waals surface area (Å²) >= 11 is 0. The Hall–Kier alpha value is -1.36. The molecular formula is C11H18N2O3. The normalized spacial score (nSPS) is 14.6. The molecule has 1 unspecified atom stereocenters. The number of nitrogens with zero attached hydrogens (tertiary/aromatic N) is 2. The highest BCUT2D eigenvalue weighted by molar-refractivity contribution is 6.02. The first-order valence-electron chi connectivity index (χ1n) is 5.16. The Labute approximate surface area is 95.3 Å². The van der Waals surface area contributed by atoms with Crippen LogP contribution in [-0.2, 0) is 11.8 Å². The van der Waals surface area contributed by atoms with Crippen LogP contribution in [0.1, 0.15) is 30.8 Å². The van der Waals surface area contributed by atoms with E-state index in [1.807, 2.05) is 6.92 Å². The van der Waals surface area contributed by atoms with Crippen molar-refractivity contribution >= 4 is 5.78 Å². The number of hydrogen-bond acceptors (Lipinski definition) is 4. The van der Waals surface area contributed by atoms with Crippen LogP contribution in [0.4, 0.5) is 0 Å². The Morgan fingerprint density at radius 2 is 2.19 bits per heavy atom. The summed E-state index contributed by atoms with van der Waals surface area (Å²) < 4.78 is 11.9. The molecule has 1 rings (SSSR count). The number of hydrogen-bond donors (Lipinski definition) is 0. The molecule has 0 aliphatic heterocycles. The lowest BCUT2D eigenvalue weighted by atomic mass is 9.95.